The highest BCUT2D eigenvalue weighted by Crippen LogP contribution is 2.56. The van der Waals surface area contributed by atoms with E-state index in [0.717, 1.165) is 0 Å². The number of H-pyrrole nitrogens is 1. The molecule has 0 fully saturated rings. The summed E-state index contributed by atoms with van der Waals surface area (Å²) in [5.41, 5.74) is 6.94. The molecule has 8 bridgehead atoms. The minimum atomic E-state index is -1.93. The van der Waals surface area contributed by atoms with Gasteiger partial charge in [0.25, 0.3) is 5.89 Å². The van der Waals surface area contributed by atoms with Crippen LogP contribution < -0.4 is 16.4 Å². The van der Waals surface area contributed by atoms with Gasteiger partial charge in [-0.2, -0.15) is 4.98 Å². The number of halogens is 2. The second-order valence-corrected chi connectivity index (χ2v) is 15.9. The van der Waals surface area contributed by atoms with Crippen molar-refractivity contribution < 1.29 is 33.7 Å². The maximum atomic E-state index is 14.2. The van der Waals surface area contributed by atoms with Crippen LogP contribution in [0.4, 0.5) is 0 Å². The maximum Gasteiger partial charge on any atom is 0.250 e. The molecular formula is C41H40Cl2N6O7. The third-order valence-corrected chi connectivity index (χ3v) is 11.5. The summed E-state index contributed by atoms with van der Waals surface area (Å²) in [7, 11) is 0. The Balaban J connectivity index is 1.51. The van der Waals surface area contributed by atoms with Gasteiger partial charge in [-0.25, -0.2) is 4.98 Å². The molecule has 5 heterocycles. The number of aliphatic hydroxyl groups excluding tert-OH is 1. The molecule has 2 unspecified atom stereocenters. The number of hydrogen-bond donors (Lipinski definition) is 7. The molecule has 3 aromatic carbocycles. The van der Waals surface area contributed by atoms with E-state index in [0.29, 0.717) is 33.2 Å². The van der Waals surface area contributed by atoms with E-state index in [1.54, 1.807) is 50.2 Å². The highest BCUT2D eigenvalue weighted by Gasteiger charge is 2.52. The number of phenolic OH excluding ortho intramolecular Hbond substituents is 2. The topological polar surface area (TPSA) is 213 Å². The molecule has 8 rings (SSSR count). The normalized spacial score (nSPS) is 20.1. The third kappa shape index (κ3) is 5.67. The number of aromatic amines is 1. The number of aliphatic hydroxyl groups is 1. The molecule has 5 atom stereocenters. The fraction of sp³-hybridized carbons (Fsp3) is 0.317. The quantitative estimate of drug-likeness (QED) is 0.0977. The fourth-order valence-electron chi connectivity index (χ4n) is 8.01. The van der Waals surface area contributed by atoms with Gasteiger partial charge in [-0.3, -0.25) is 9.59 Å². The molecule has 2 aliphatic heterocycles. The van der Waals surface area contributed by atoms with Crippen LogP contribution >= 0.6 is 23.2 Å². The number of phenols is 2. The maximum absolute atomic E-state index is 14.2. The Hall–Kier alpha value is -5.34. The number of fused-ring (bicyclic) bond motifs is 12. The summed E-state index contributed by atoms with van der Waals surface area (Å²) in [5, 5.41) is 43.5. The van der Waals surface area contributed by atoms with Gasteiger partial charge >= 0.3 is 0 Å². The highest BCUT2D eigenvalue weighted by molar-refractivity contribution is 6.37. The number of nitrogens with one attached hydrogen (secondary N) is 3. The van der Waals surface area contributed by atoms with Gasteiger partial charge in [0.1, 0.15) is 34.2 Å². The van der Waals surface area contributed by atoms with E-state index in [9.17, 15) is 24.9 Å². The number of hydrogen-bond acceptors (Lipinski definition) is 10. The van der Waals surface area contributed by atoms with Crippen LogP contribution in [0, 0.1) is 11.8 Å². The Morgan fingerprint density at radius 1 is 1.00 bits per heavy atom. The summed E-state index contributed by atoms with van der Waals surface area (Å²) in [6.07, 6.45) is -1.49. The summed E-state index contributed by atoms with van der Waals surface area (Å²) in [6, 6.07) is 12.3. The molecule has 2 amide bonds. The summed E-state index contributed by atoms with van der Waals surface area (Å²) < 4.78 is 13.3. The predicted octanol–water partition coefficient (Wildman–Crippen LogP) is 6.73. The van der Waals surface area contributed by atoms with Crippen molar-refractivity contribution in [3.63, 3.8) is 0 Å². The van der Waals surface area contributed by atoms with Gasteiger partial charge in [0.2, 0.25) is 17.7 Å². The van der Waals surface area contributed by atoms with Crippen molar-refractivity contribution in [3.8, 4) is 45.5 Å². The number of benzene rings is 3. The van der Waals surface area contributed by atoms with Crippen molar-refractivity contribution in [1.82, 2.24) is 25.6 Å². The Morgan fingerprint density at radius 2 is 1.73 bits per heavy atom. The smallest absolute Gasteiger partial charge is 0.250 e. The molecule has 0 spiro atoms. The van der Waals surface area contributed by atoms with E-state index in [1.165, 1.54) is 13.0 Å². The lowest BCUT2D eigenvalue weighted by Crippen LogP contribution is -2.54. The molecule has 0 aliphatic carbocycles. The van der Waals surface area contributed by atoms with Crippen LogP contribution in [0.1, 0.15) is 69.0 Å². The minimum Gasteiger partial charge on any atom is -0.508 e. The molecule has 56 heavy (non-hydrogen) atoms. The van der Waals surface area contributed by atoms with Gasteiger partial charge in [-0.1, -0.05) is 93.4 Å². The van der Waals surface area contributed by atoms with Gasteiger partial charge in [-0.05, 0) is 42.0 Å². The molecule has 0 saturated carbocycles. The molecule has 0 radical (unpaired) electrons. The highest BCUT2D eigenvalue weighted by atomic mass is 35.5. The number of nitrogens with two attached hydrogens (primary N) is 1. The zero-order valence-electron chi connectivity index (χ0n) is 31.1. The van der Waals surface area contributed by atoms with Crippen molar-refractivity contribution in [2.75, 3.05) is 0 Å². The first kappa shape index (κ1) is 37.6. The second kappa shape index (κ2) is 13.7. The van der Waals surface area contributed by atoms with Crippen LogP contribution in [0.5, 0.6) is 11.5 Å². The van der Waals surface area contributed by atoms with Crippen LogP contribution in [-0.4, -0.2) is 60.3 Å². The summed E-state index contributed by atoms with van der Waals surface area (Å²) in [6.45, 7) is 8.84. The van der Waals surface area contributed by atoms with Gasteiger partial charge in [0.15, 0.2) is 22.4 Å². The zero-order chi connectivity index (χ0) is 40.0. The third-order valence-electron chi connectivity index (χ3n) is 11.0. The van der Waals surface area contributed by atoms with Crippen LogP contribution in [0.25, 0.3) is 44.9 Å². The van der Waals surface area contributed by atoms with Crippen molar-refractivity contribution in [1.29, 1.82) is 0 Å². The molecule has 2 aliphatic rings. The first-order chi connectivity index (χ1) is 26.6. The first-order valence-electron chi connectivity index (χ1n) is 18.3. The number of aromatic nitrogens is 3. The van der Waals surface area contributed by atoms with Gasteiger partial charge in [0, 0.05) is 34.0 Å². The van der Waals surface area contributed by atoms with E-state index < -0.39 is 41.5 Å². The minimum absolute atomic E-state index is 0.00436. The van der Waals surface area contributed by atoms with Crippen molar-refractivity contribution in [3.05, 3.63) is 93.2 Å². The molecule has 6 aromatic rings. The molecule has 290 valence electrons. The van der Waals surface area contributed by atoms with E-state index in [1.807, 2.05) is 26.0 Å². The number of amides is 2. The average molecular weight is 800 g/mol. The Morgan fingerprint density at radius 3 is 2.45 bits per heavy atom. The summed E-state index contributed by atoms with van der Waals surface area (Å²) >= 11 is 13.7. The number of carbonyl (C=O) groups is 2. The van der Waals surface area contributed by atoms with Crippen molar-refractivity contribution in [2.24, 2.45) is 17.6 Å². The van der Waals surface area contributed by atoms with Gasteiger partial charge in [0.05, 0.1) is 17.7 Å². The lowest BCUT2D eigenvalue weighted by atomic mass is 9.66. The number of para-hydroxylation sites is 1. The number of nitrogens with zero attached hydrogens (tertiary/aromatic N) is 2. The Labute approximate surface area is 331 Å². The number of oxazole rings is 2. The first-order valence-corrected chi connectivity index (χ1v) is 19.1. The molecule has 8 N–H and O–H groups in total. The lowest BCUT2D eigenvalue weighted by molar-refractivity contribution is -0.130. The fourth-order valence-corrected chi connectivity index (χ4v) is 8.50. The SMILES string of the molecule is CC(C)C(N)C(=O)N[C@@H]1Cc2ccc(O)c(c2)[C@]2(C(C)O)c3cccc(c3O)-c3cccc4[nH]c(Cl)c(c34)-c3oc(nc3Cl)-c3nc(oc32)[C@@H](C(C)C)NC1=O. The molecule has 0 saturated heterocycles. The molecule has 13 nitrogen and oxygen atoms in total. The Bertz CT molecular complexity index is 2560. The predicted molar refractivity (Wildman–Crippen MR) is 210 cm³/mol. The molecule has 3 aromatic heterocycles. The molecule has 15 heteroatoms. The van der Waals surface area contributed by atoms with E-state index >= 15 is 0 Å². The summed E-state index contributed by atoms with van der Waals surface area (Å²) in [5.74, 6) is -2.18. The van der Waals surface area contributed by atoms with E-state index in [2.05, 4.69) is 20.6 Å². The van der Waals surface area contributed by atoms with Crippen molar-refractivity contribution in [2.45, 2.75) is 70.7 Å². The molecular weight excluding hydrogens is 759 g/mol. The lowest BCUT2D eigenvalue weighted by Gasteiger charge is -2.38. The average Bonchev–Trinajstić information content (AvgIpc) is 3.85. The standard InChI is InChI=1S/C41H40Cl2N6O7/c1-16(2)29(44)38(54)46-25-15-19-12-13-26(51)23(14-19)41(18(5)50)22-10-6-9-21(32(22)52)20-8-7-11-24-27(20)28(35(42)45-24)33-36(43)49-40(55-33)31-34(41)56-39(48-31)30(17(3)4)47-37(25)53/h6-14,16-18,25,29-30,45,50-52H,15,44H2,1-5H3,(H,46,54)(H,47,53)/t18?,25-,29?,30-,41+/m1/s1. The zero-order valence-corrected chi connectivity index (χ0v) is 32.6. The van der Waals surface area contributed by atoms with Gasteiger partial charge < -0.3 is 45.5 Å². The number of aromatic hydroxyl groups is 2. The second-order valence-electron chi connectivity index (χ2n) is 15.2. The van der Waals surface area contributed by atoms with Crippen LogP contribution in [-0.2, 0) is 21.4 Å². The Kier molecular flexibility index (Phi) is 9.19. The monoisotopic (exact) mass is 798 g/mol. The summed E-state index contributed by atoms with van der Waals surface area (Å²) in [4.78, 5) is 40.3. The van der Waals surface area contributed by atoms with Crippen LogP contribution in [0.2, 0.25) is 10.3 Å². The number of rotatable bonds is 5. The van der Waals surface area contributed by atoms with Crippen molar-refractivity contribution >= 4 is 45.9 Å². The van der Waals surface area contributed by atoms with E-state index in [4.69, 9.17) is 42.8 Å². The van der Waals surface area contributed by atoms with E-state index in [-0.39, 0.29) is 80.2 Å². The number of carbonyl (C=O) groups excluding carboxylic acids is 2. The van der Waals surface area contributed by atoms with Crippen LogP contribution in [0.15, 0.2) is 63.4 Å². The van der Waals surface area contributed by atoms with Crippen LogP contribution in [0.3, 0.4) is 0 Å². The largest absolute Gasteiger partial charge is 0.508 e. The van der Waals surface area contributed by atoms with Gasteiger partial charge in [-0.15, -0.1) is 0 Å².